The highest BCUT2D eigenvalue weighted by Gasteiger charge is 2.50. The molecule has 0 unspecified atom stereocenters. The van der Waals surface area contributed by atoms with E-state index in [1.807, 2.05) is 11.3 Å². The van der Waals surface area contributed by atoms with Crippen molar-refractivity contribution in [2.75, 3.05) is 14.7 Å². The van der Waals surface area contributed by atoms with Crippen molar-refractivity contribution in [3.63, 3.8) is 0 Å². The fourth-order valence-corrected chi connectivity index (χ4v) is 21.6. The van der Waals surface area contributed by atoms with Crippen molar-refractivity contribution in [3.8, 4) is 11.1 Å². The molecule has 0 saturated heterocycles. The van der Waals surface area contributed by atoms with Crippen LogP contribution in [-0.4, -0.2) is 14.8 Å². The second-order valence-corrected chi connectivity index (χ2v) is 35.9. The van der Waals surface area contributed by atoms with Gasteiger partial charge in [-0.15, -0.1) is 11.3 Å². The molecule has 3 heterocycles. The molecule has 11 aromatic carbocycles. The van der Waals surface area contributed by atoms with Gasteiger partial charge in [0.1, 0.15) is 0 Å². The summed E-state index contributed by atoms with van der Waals surface area (Å²) < 4.78 is 2.66. The molecule has 0 spiro atoms. The van der Waals surface area contributed by atoms with Gasteiger partial charge in [-0.25, -0.2) is 0 Å². The number of nitrogens with zero attached hydrogens (tertiary/aromatic N) is 3. The van der Waals surface area contributed by atoms with Gasteiger partial charge in [0.25, 0.3) is 6.71 Å². The van der Waals surface area contributed by atoms with Crippen molar-refractivity contribution in [2.24, 2.45) is 0 Å². The number of thiophene rings is 1. The average Bonchev–Trinajstić information content (AvgIpc) is 1.68. The summed E-state index contributed by atoms with van der Waals surface area (Å²) in [5, 5.41) is 6.64. The number of hydrogen-bond donors (Lipinski definition) is 0. The number of benzene rings is 11. The Morgan fingerprint density at radius 2 is 0.828 bits per heavy atom. The van der Waals surface area contributed by atoms with Crippen LogP contribution < -0.4 is 51.1 Å². The molecule has 0 bridgehead atoms. The number of fused-ring (bicyclic) bond motifs is 9. The first-order valence-electron chi connectivity index (χ1n) is 33.4. The van der Waals surface area contributed by atoms with Crippen molar-refractivity contribution in [1.82, 2.24) is 0 Å². The molecule has 0 saturated carbocycles. The van der Waals surface area contributed by atoms with Gasteiger partial charge < -0.3 is 14.7 Å². The summed E-state index contributed by atoms with van der Waals surface area (Å²) in [4.78, 5) is 7.90. The van der Waals surface area contributed by atoms with Gasteiger partial charge >= 0.3 is 0 Å². The Kier molecular flexibility index (Phi) is 14.2. The van der Waals surface area contributed by atoms with Crippen LogP contribution in [-0.2, 0) is 27.1 Å². The van der Waals surface area contributed by atoms with Crippen LogP contribution in [0.25, 0.3) is 21.2 Å². The monoisotopic (exact) mass is 1240 g/mol. The molecule has 0 fully saturated rings. The molecular weight excluding hydrogens is 1160 g/mol. The first-order chi connectivity index (χ1) is 44.4. The van der Waals surface area contributed by atoms with E-state index in [0.29, 0.717) is 0 Å². The molecule has 1 aliphatic carbocycles. The van der Waals surface area contributed by atoms with Crippen LogP contribution in [0.2, 0.25) is 0 Å². The highest BCUT2D eigenvalue weighted by atomic mass is 32.1. The second-order valence-electron chi connectivity index (χ2n) is 31.0. The van der Waals surface area contributed by atoms with Crippen LogP contribution >= 0.6 is 11.3 Å². The molecule has 460 valence electrons. The van der Waals surface area contributed by atoms with Gasteiger partial charge in [-0.3, -0.25) is 0 Å². The molecule has 1 aromatic heterocycles. The molecule has 0 atom stereocenters. The Labute approximate surface area is 558 Å². The SMILES string of the molecule is CC(C)(C)c1ccc(N(c2ccc(C(C)(C)C)cc2)c2ccc3c(c2)N(c2ccc4c(c2)-c2ccccc2C4(C)C)c2cc([Si](c4ccccc4)(c4ccccc4)c4ccccc4)cc4c2B3c2sc3ccc(C(C)(C)C)cc3c2N4c2ccc(C(C)(C)C)cc2)cc1. The van der Waals surface area contributed by atoms with E-state index in [9.17, 15) is 0 Å². The van der Waals surface area contributed by atoms with Gasteiger partial charge in [-0.05, 0) is 183 Å². The van der Waals surface area contributed by atoms with Crippen molar-refractivity contribution in [1.29, 1.82) is 0 Å². The molecule has 3 nitrogen and oxygen atoms in total. The summed E-state index contributed by atoms with van der Waals surface area (Å²) in [5.74, 6) is 0. The van der Waals surface area contributed by atoms with E-state index in [1.165, 1.54) is 114 Å². The van der Waals surface area contributed by atoms with Gasteiger partial charge in [-0.1, -0.05) is 267 Å². The number of anilines is 9. The van der Waals surface area contributed by atoms with Gasteiger partial charge in [0.2, 0.25) is 0 Å². The normalized spacial score (nSPS) is 14.2. The van der Waals surface area contributed by atoms with Crippen LogP contribution in [0.15, 0.2) is 255 Å². The minimum absolute atomic E-state index is 0.00604. The third-order valence-corrected chi connectivity index (χ3v) is 26.6. The minimum atomic E-state index is -3.25. The molecule has 12 aromatic rings. The minimum Gasteiger partial charge on any atom is -0.311 e. The van der Waals surface area contributed by atoms with E-state index in [0.717, 1.165) is 28.4 Å². The topological polar surface area (TPSA) is 9.72 Å². The van der Waals surface area contributed by atoms with Crippen LogP contribution in [0.1, 0.15) is 130 Å². The van der Waals surface area contributed by atoms with Crippen molar-refractivity contribution < 1.29 is 0 Å². The summed E-state index contributed by atoms with van der Waals surface area (Å²) in [6, 6.07) is 99.6. The van der Waals surface area contributed by atoms with E-state index in [4.69, 9.17) is 0 Å². The number of rotatable bonds is 9. The Bertz CT molecular complexity index is 4690. The Morgan fingerprint density at radius 1 is 0.376 bits per heavy atom. The molecule has 15 rings (SSSR count). The molecule has 3 aliphatic rings. The quantitative estimate of drug-likeness (QED) is 0.105. The third-order valence-electron chi connectivity index (χ3n) is 20.6. The maximum Gasteiger partial charge on any atom is 0.264 e. The van der Waals surface area contributed by atoms with E-state index in [1.54, 1.807) is 0 Å². The summed E-state index contributed by atoms with van der Waals surface area (Å²) >= 11 is 1.98. The van der Waals surface area contributed by atoms with E-state index >= 15 is 0 Å². The molecule has 0 amide bonds. The molecule has 0 N–H and O–H groups in total. The van der Waals surface area contributed by atoms with Crippen LogP contribution in [0.4, 0.5) is 51.2 Å². The summed E-state index contributed by atoms with van der Waals surface area (Å²) in [6.45, 7) is 32.6. The molecule has 0 radical (unpaired) electrons. The summed E-state index contributed by atoms with van der Waals surface area (Å²) in [5.41, 5.74) is 23.4. The third kappa shape index (κ3) is 9.88. The predicted molar refractivity (Wildman–Crippen MR) is 407 cm³/mol. The zero-order chi connectivity index (χ0) is 64.7. The lowest BCUT2D eigenvalue weighted by Gasteiger charge is -2.45. The molecular formula is C87H84BN3SSi. The van der Waals surface area contributed by atoms with E-state index < -0.39 is 8.07 Å². The maximum atomic E-state index is 2.70. The second kappa shape index (κ2) is 21.8. The predicted octanol–water partition coefficient (Wildman–Crippen LogP) is 19.3. The smallest absolute Gasteiger partial charge is 0.264 e. The highest BCUT2D eigenvalue weighted by molar-refractivity contribution is 7.33. The van der Waals surface area contributed by atoms with Crippen LogP contribution in [0, 0.1) is 0 Å². The Hall–Kier alpha value is -8.94. The largest absolute Gasteiger partial charge is 0.311 e. The standard InChI is InChI=1S/C87H84BN3SSi/c1-83(2,3)57-34-41-61(42-35-57)89(62-43-36-58(37-44-62)84(4,5)6)65-48-50-75-76(54-65)90(64-47-49-74-71(53-64)70-32-24-25-33-73(70)87(74,13)14)77-55-69(93(66-26-18-15-19-27-66,67-28-20-16-21-29-67)68-30-22-17-23-31-68)56-78-80(77)88(75)82-81(72-52-60(86(10,11)12)40-51-79(72)92-82)91(78)63-45-38-59(39-46-63)85(7,8)9/h15-56H,1-14H3. The van der Waals surface area contributed by atoms with Crippen molar-refractivity contribution in [3.05, 3.63) is 288 Å². The van der Waals surface area contributed by atoms with E-state index in [-0.39, 0.29) is 33.8 Å². The summed E-state index contributed by atoms with van der Waals surface area (Å²) in [6.07, 6.45) is 0. The first-order valence-corrected chi connectivity index (χ1v) is 36.2. The van der Waals surface area contributed by atoms with Gasteiger partial charge in [0.05, 0.1) is 5.69 Å². The van der Waals surface area contributed by atoms with Gasteiger partial charge in [-0.2, -0.15) is 0 Å². The molecule has 93 heavy (non-hydrogen) atoms. The molecule has 6 heteroatoms. The van der Waals surface area contributed by atoms with Crippen molar-refractivity contribution >= 4 is 124 Å². The van der Waals surface area contributed by atoms with E-state index in [2.05, 4.69) is 366 Å². The lowest BCUT2D eigenvalue weighted by molar-refractivity contribution is 0.590. The van der Waals surface area contributed by atoms with Crippen molar-refractivity contribution in [2.45, 2.75) is 124 Å². The zero-order valence-corrected chi connectivity index (χ0v) is 58.4. The zero-order valence-electron chi connectivity index (χ0n) is 56.6. The van der Waals surface area contributed by atoms with Crippen LogP contribution in [0.5, 0.6) is 0 Å². The fraction of sp³-hybridized carbons (Fsp3) is 0.218. The fourth-order valence-electron chi connectivity index (χ4n) is 15.5. The lowest BCUT2D eigenvalue weighted by atomic mass is 9.36. The first kappa shape index (κ1) is 60.3. The van der Waals surface area contributed by atoms with Gasteiger partial charge in [0.15, 0.2) is 8.07 Å². The Balaban J connectivity index is 1.11. The van der Waals surface area contributed by atoms with Crippen LogP contribution in [0.3, 0.4) is 0 Å². The summed E-state index contributed by atoms with van der Waals surface area (Å²) in [7, 11) is -3.25. The average molecular weight is 1240 g/mol. The maximum absolute atomic E-state index is 3.25. The highest BCUT2D eigenvalue weighted by Crippen LogP contribution is 2.54. The van der Waals surface area contributed by atoms with Gasteiger partial charge in [0, 0.05) is 65.8 Å². The Morgan fingerprint density at radius 3 is 1.35 bits per heavy atom. The lowest BCUT2D eigenvalue weighted by Crippen LogP contribution is -2.75. The molecule has 2 aliphatic heterocycles. The number of hydrogen-bond acceptors (Lipinski definition) is 4.